The second kappa shape index (κ2) is 10.8. The van der Waals surface area contributed by atoms with Crippen molar-refractivity contribution in [1.82, 2.24) is 5.32 Å². The Bertz CT molecular complexity index is 952. The van der Waals surface area contributed by atoms with E-state index in [1.54, 1.807) is 24.3 Å². The van der Waals surface area contributed by atoms with Gasteiger partial charge in [0.2, 0.25) is 5.91 Å². The number of rotatable bonds is 9. The molecule has 30 heavy (non-hydrogen) atoms. The molecule has 3 aromatic carbocycles. The van der Waals surface area contributed by atoms with E-state index in [9.17, 15) is 9.59 Å². The van der Waals surface area contributed by atoms with Crippen molar-refractivity contribution < 1.29 is 14.3 Å². The first-order valence-corrected chi connectivity index (χ1v) is 10.1. The Morgan fingerprint density at radius 1 is 0.833 bits per heavy atom. The lowest BCUT2D eigenvalue weighted by molar-refractivity contribution is -0.115. The lowest BCUT2D eigenvalue weighted by Gasteiger charge is -2.09. The van der Waals surface area contributed by atoms with E-state index in [2.05, 4.69) is 17.6 Å². The number of hydrogen-bond acceptors (Lipinski definition) is 3. The molecule has 0 saturated carbocycles. The molecule has 2 amide bonds. The average molecular weight is 402 g/mol. The summed E-state index contributed by atoms with van der Waals surface area (Å²) in [4.78, 5) is 24.4. The summed E-state index contributed by atoms with van der Waals surface area (Å²) in [5.41, 5.74) is 3.36. The Labute approximate surface area is 177 Å². The van der Waals surface area contributed by atoms with E-state index in [4.69, 9.17) is 4.74 Å². The van der Waals surface area contributed by atoms with E-state index in [1.807, 2.05) is 54.6 Å². The van der Waals surface area contributed by atoms with Crippen LogP contribution in [0.3, 0.4) is 0 Å². The standard InChI is InChI=1S/C25H26N2O3/c1-2-3-17-30-23-15-11-21(12-16-23)25(29)26-18-24(28)27-22-13-9-20(10-14-22)19-7-5-4-6-8-19/h4-16H,2-3,17-18H2,1H3,(H,26,29)(H,27,28). The lowest BCUT2D eigenvalue weighted by atomic mass is 10.1. The van der Waals surface area contributed by atoms with Gasteiger partial charge in [-0.2, -0.15) is 0 Å². The molecular formula is C25H26N2O3. The molecule has 0 saturated heterocycles. The van der Waals surface area contributed by atoms with Crippen molar-refractivity contribution >= 4 is 17.5 Å². The molecule has 0 bridgehead atoms. The molecule has 5 heteroatoms. The molecule has 0 aromatic heterocycles. The molecular weight excluding hydrogens is 376 g/mol. The van der Waals surface area contributed by atoms with Crippen LogP contribution >= 0.6 is 0 Å². The second-order valence-electron chi connectivity index (χ2n) is 6.90. The first-order valence-electron chi connectivity index (χ1n) is 10.1. The van der Waals surface area contributed by atoms with Crippen molar-refractivity contribution in [1.29, 1.82) is 0 Å². The Hall–Kier alpha value is -3.60. The topological polar surface area (TPSA) is 67.4 Å². The van der Waals surface area contributed by atoms with Crippen LogP contribution in [0, 0.1) is 0 Å². The Balaban J connectivity index is 1.46. The minimum absolute atomic E-state index is 0.103. The van der Waals surface area contributed by atoms with Gasteiger partial charge in [-0.1, -0.05) is 55.8 Å². The molecule has 2 N–H and O–H groups in total. The van der Waals surface area contributed by atoms with Gasteiger partial charge in [-0.05, 0) is 53.9 Å². The highest BCUT2D eigenvalue weighted by Gasteiger charge is 2.09. The maximum Gasteiger partial charge on any atom is 0.251 e. The Morgan fingerprint density at radius 2 is 1.50 bits per heavy atom. The SMILES string of the molecule is CCCCOc1ccc(C(=O)NCC(=O)Nc2ccc(-c3ccccc3)cc2)cc1. The number of benzene rings is 3. The third-order valence-electron chi connectivity index (χ3n) is 4.57. The molecule has 0 unspecified atom stereocenters. The molecule has 0 atom stereocenters. The van der Waals surface area contributed by atoms with Gasteiger partial charge in [-0.3, -0.25) is 9.59 Å². The van der Waals surface area contributed by atoms with Crippen LogP contribution in [0.15, 0.2) is 78.9 Å². The summed E-state index contributed by atoms with van der Waals surface area (Å²) >= 11 is 0. The fraction of sp³-hybridized carbons (Fsp3) is 0.200. The van der Waals surface area contributed by atoms with Crippen LogP contribution in [0.25, 0.3) is 11.1 Å². The van der Waals surface area contributed by atoms with Gasteiger partial charge in [0, 0.05) is 11.3 Å². The second-order valence-corrected chi connectivity index (χ2v) is 6.90. The molecule has 0 aliphatic rings. The molecule has 0 radical (unpaired) electrons. The lowest BCUT2D eigenvalue weighted by Crippen LogP contribution is -2.32. The van der Waals surface area contributed by atoms with Gasteiger partial charge in [-0.25, -0.2) is 0 Å². The van der Waals surface area contributed by atoms with Gasteiger partial charge in [0.15, 0.2) is 0 Å². The molecule has 0 heterocycles. The molecule has 0 fully saturated rings. The van der Waals surface area contributed by atoms with Crippen LogP contribution in [0.5, 0.6) is 5.75 Å². The number of carbonyl (C=O) groups excluding carboxylic acids is 2. The van der Waals surface area contributed by atoms with Crippen LogP contribution in [0.2, 0.25) is 0 Å². The molecule has 154 valence electrons. The highest BCUT2D eigenvalue weighted by Crippen LogP contribution is 2.21. The summed E-state index contributed by atoms with van der Waals surface area (Å²) in [6, 6.07) is 24.5. The van der Waals surface area contributed by atoms with E-state index < -0.39 is 0 Å². The van der Waals surface area contributed by atoms with Crippen molar-refractivity contribution in [2.75, 3.05) is 18.5 Å². The van der Waals surface area contributed by atoms with Crippen molar-refractivity contribution in [2.24, 2.45) is 0 Å². The third kappa shape index (κ3) is 6.21. The molecule has 3 rings (SSSR count). The Kier molecular flexibility index (Phi) is 7.61. The van der Waals surface area contributed by atoms with Crippen LogP contribution in [0.4, 0.5) is 5.69 Å². The number of amides is 2. The number of nitrogens with one attached hydrogen (secondary N) is 2. The monoisotopic (exact) mass is 402 g/mol. The van der Waals surface area contributed by atoms with Crippen molar-refractivity contribution in [2.45, 2.75) is 19.8 Å². The zero-order valence-corrected chi connectivity index (χ0v) is 17.1. The summed E-state index contributed by atoms with van der Waals surface area (Å²) in [5.74, 6) is 0.150. The van der Waals surface area contributed by atoms with Crippen LogP contribution in [-0.4, -0.2) is 25.0 Å². The number of anilines is 1. The summed E-state index contributed by atoms with van der Waals surface area (Å²) in [6.07, 6.45) is 2.06. The molecule has 0 spiro atoms. The molecule has 0 aliphatic heterocycles. The van der Waals surface area contributed by atoms with Gasteiger partial charge in [0.05, 0.1) is 13.2 Å². The fourth-order valence-corrected chi connectivity index (χ4v) is 2.88. The van der Waals surface area contributed by atoms with Crippen molar-refractivity contribution in [3.8, 4) is 16.9 Å². The predicted octanol–water partition coefficient (Wildman–Crippen LogP) is 4.90. The van der Waals surface area contributed by atoms with Crippen LogP contribution in [0.1, 0.15) is 30.1 Å². The zero-order chi connectivity index (χ0) is 21.2. The van der Waals surface area contributed by atoms with Gasteiger partial charge < -0.3 is 15.4 Å². The van der Waals surface area contributed by atoms with E-state index in [0.717, 1.165) is 29.7 Å². The molecule has 3 aromatic rings. The highest BCUT2D eigenvalue weighted by atomic mass is 16.5. The quantitative estimate of drug-likeness (QED) is 0.500. The average Bonchev–Trinajstić information content (AvgIpc) is 2.79. The van der Waals surface area contributed by atoms with Crippen molar-refractivity contribution in [3.05, 3.63) is 84.4 Å². The van der Waals surface area contributed by atoms with Crippen molar-refractivity contribution in [3.63, 3.8) is 0 Å². The Morgan fingerprint density at radius 3 is 2.17 bits per heavy atom. The van der Waals surface area contributed by atoms with E-state index >= 15 is 0 Å². The number of hydrogen-bond donors (Lipinski definition) is 2. The maximum atomic E-state index is 12.2. The minimum atomic E-state index is -0.301. The van der Waals surface area contributed by atoms with Gasteiger partial charge >= 0.3 is 0 Å². The smallest absolute Gasteiger partial charge is 0.251 e. The first kappa shape index (κ1) is 21.1. The normalized spacial score (nSPS) is 10.3. The third-order valence-corrected chi connectivity index (χ3v) is 4.57. The van der Waals surface area contributed by atoms with Gasteiger partial charge in [0.25, 0.3) is 5.91 Å². The molecule has 0 aliphatic carbocycles. The van der Waals surface area contributed by atoms with Crippen LogP contribution < -0.4 is 15.4 Å². The van der Waals surface area contributed by atoms with Gasteiger partial charge in [-0.15, -0.1) is 0 Å². The summed E-state index contributed by atoms with van der Waals surface area (Å²) in [6.45, 7) is 2.66. The van der Waals surface area contributed by atoms with E-state index in [-0.39, 0.29) is 18.4 Å². The first-order chi connectivity index (χ1) is 14.7. The predicted molar refractivity (Wildman–Crippen MR) is 120 cm³/mol. The number of unbranched alkanes of at least 4 members (excludes halogenated alkanes) is 1. The number of ether oxygens (including phenoxy) is 1. The summed E-state index contributed by atoms with van der Waals surface area (Å²) in [5, 5.41) is 5.43. The minimum Gasteiger partial charge on any atom is -0.494 e. The van der Waals surface area contributed by atoms with Crippen LogP contribution in [-0.2, 0) is 4.79 Å². The largest absolute Gasteiger partial charge is 0.494 e. The maximum absolute atomic E-state index is 12.2. The highest BCUT2D eigenvalue weighted by molar-refractivity contribution is 5.99. The fourth-order valence-electron chi connectivity index (χ4n) is 2.88. The van der Waals surface area contributed by atoms with Gasteiger partial charge in [0.1, 0.15) is 5.75 Å². The summed E-state index contributed by atoms with van der Waals surface area (Å²) in [7, 11) is 0. The number of carbonyl (C=O) groups is 2. The van der Waals surface area contributed by atoms with E-state index in [0.29, 0.717) is 17.9 Å². The summed E-state index contributed by atoms with van der Waals surface area (Å²) < 4.78 is 5.59. The van der Waals surface area contributed by atoms with E-state index in [1.165, 1.54) is 0 Å². The zero-order valence-electron chi connectivity index (χ0n) is 17.1. The molecule has 5 nitrogen and oxygen atoms in total.